The lowest BCUT2D eigenvalue weighted by Crippen LogP contribution is -2.32. The molecule has 2 heteroatoms. The molecule has 0 radical (unpaired) electrons. The summed E-state index contributed by atoms with van der Waals surface area (Å²) in [6, 6.07) is 81.7. The summed E-state index contributed by atoms with van der Waals surface area (Å²) in [6.07, 6.45) is 4.37. The van der Waals surface area contributed by atoms with Crippen molar-refractivity contribution in [2.45, 2.75) is 12.8 Å². The molecule has 1 heterocycles. The maximum atomic E-state index is 2.48. The molecule has 0 saturated carbocycles. The lowest BCUT2D eigenvalue weighted by atomic mass is 9.88. The second-order valence-corrected chi connectivity index (χ2v) is 15.6. The van der Waals surface area contributed by atoms with Crippen LogP contribution in [0.4, 0.5) is 17.1 Å². The molecule has 0 spiro atoms. The zero-order chi connectivity index (χ0) is 39.8. The van der Waals surface area contributed by atoms with Crippen LogP contribution < -0.4 is 15.3 Å². The van der Waals surface area contributed by atoms with Gasteiger partial charge in [0, 0.05) is 33.3 Å². The van der Waals surface area contributed by atoms with Gasteiger partial charge in [-0.3, -0.25) is 0 Å². The van der Waals surface area contributed by atoms with Crippen molar-refractivity contribution >= 4 is 50.5 Å². The average molecular weight is 767 g/mol. The van der Waals surface area contributed by atoms with Crippen LogP contribution in [0.15, 0.2) is 224 Å². The second kappa shape index (κ2) is 15.2. The molecule has 2 nitrogen and oxygen atoms in total. The maximum Gasteiger partial charge on any atom is 0.0541 e. The van der Waals surface area contributed by atoms with E-state index in [1.165, 1.54) is 82.4 Å². The molecular formula is C58H42N2. The third-order valence-corrected chi connectivity index (χ3v) is 12.1. The fourth-order valence-corrected chi connectivity index (χ4v) is 9.37. The lowest BCUT2D eigenvalue weighted by molar-refractivity contribution is 1.07. The summed E-state index contributed by atoms with van der Waals surface area (Å²) < 4.78 is 2.38. The first kappa shape index (κ1) is 35.5. The molecule has 9 aromatic carbocycles. The molecule has 0 unspecified atom stereocenters. The van der Waals surface area contributed by atoms with Gasteiger partial charge < -0.3 is 9.47 Å². The molecule has 0 N–H and O–H groups in total. The van der Waals surface area contributed by atoms with Crippen LogP contribution in [0.2, 0.25) is 0 Å². The Morgan fingerprint density at radius 1 is 0.383 bits per heavy atom. The number of hydrogen-bond donors (Lipinski definition) is 0. The molecule has 10 aromatic rings. The first-order chi connectivity index (χ1) is 29.8. The first-order valence-corrected chi connectivity index (χ1v) is 20.9. The van der Waals surface area contributed by atoms with Crippen LogP contribution in [0.1, 0.15) is 18.4 Å². The number of aromatic nitrogens is 1. The zero-order valence-electron chi connectivity index (χ0n) is 33.2. The lowest BCUT2D eigenvalue weighted by Gasteiger charge is -2.31. The van der Waals surface area contributed by atoms with Gasteiger partial charge in [0.15, 0.2) is 0 Å². The minimum atomic E-state index is 0.962. The van der Waals surface area contributed by atoms with Crippen molar-refractivity contribution in [3.05, 3.63) is 240 Å². The Labute approximate surface area is 350 Å². The number of benzene rings is 9. The predicted molar refractivity (Wildman–Crippen MR) is 254 cm³/mol. The van der Waals surface area contributed by atoms with Gasteiger partial charge in [0.1, 0.15) is 0 Å². The summed E-state index contributed by atoms with van der Waals surface area (Å²) >= 11 is 0. The molecule has 0 amide bonds. The third kappa shape index (κ3) is 6.22. The van der Waals surface area contributed by atoms with E-state index in [0.717, 1.165) is 29.9 Å². The quantitative estimate of drug-likeness (QED) is 0.150. The van der Waals surface area contributed by atoms with Crippen LogP contribution in [-0.2, 0) is 0 Å². The van der Waals surface area contributed by atoms with Crippen molar-refractivity contribution in [1.82, 2.24) is 4.57 Å². The van der Waals surface area contributed by atoms with E-state index in [1.54, 1.807) is 0 Å². The Bertz CT molecular complexity index is 3290. The van der Waals surface area contributed by atoms with Crippen molar-refractivity contribution in [3.8, 4) is 39.1 Å². The molecule has 0 saturated heterocycles. The smallest absolute Gasteiger partial charge is 0.0541 e. The molecular weight excluding hydrogens is 725 g/mol. The van der Waals surface area contributed by atoms with Crippen molar-refractivity contribution < 1.29 is 0 Å². The predicted octanol–water partition coefficient (Wildman–Crippen LogP) is 14.0. The van der Waals surface area contributed by atoms with Gasteiger partial charge in [0.05, 0.1) is 22.4 Å². The van der Waals surface area contributed by atoms with Crippen LogP contribution in [0.25, 0.3) is 72.5 Å². The van der Waals surface area contributed by atoms with Crippen LogP contribution in [-0.4, -0.2) is 4.57 Å². The topological polar surface area (TPSA) is 8.17 Å². The van der Waals surface area contributed by atoms with E-state index in [0.29, 0.717) is 0 Å². The highest BCUT2D eigenvalue weighted by molar-refractivity contribution is 6.10. The molecule has 0 fully saturated rings. The Kier molecular flexibility index (Phi) is 9.02. The van der Waals surface area contributed by atoms with E-state index in [9.17, 15) is 0 Å². The molecule has 60 heavy (non-hydrogen) atoms. The number of hydrogen-bond acceptors (Lipinski definition) is 1. The van der Waals surface area contributed by atoms with Gasteiger partial charge in [-0.15, -0.1) is 0 Å². The Morgan fingerprint density at radius 3 is 1.70 bits per heavy atom. The van der Waals surface area contributed by atoms with E-state index < -0.39 is 0 Å². The van der Waals surface area contributed by atoms with Gasteiger partial charge in [-0.2, -0.15) is 0 Å². The fraction of sp³-hybridized carbons (Fsp3) is 0.0345. The Hall–Kier alpha value is -7.68. The third-order valence-electron chi connectivity index (χ3n) is 12.1. The molecule has 284 valence electrons. The van der Waals surface area contributed by atoms with E-state index in [-0.39, 0.29) is 0 Å². The standard InChI is InChI=1S/C58H42N2/c1-4-18-42(19-5-1)48-26-10-13-31-54(48)60(55-32-14-11-27-50(55)52-30-17-23-44-22-16-29-49(58(44)52)43-20-6-2-7-21-43)47-37-34-41(35-38-47)45-36-39-57-53(40-45)51-28-12-15-33-56(51)59(57)46-24-8-3-9-25-46/h1-16,18-29,31-40H,17,30H2. The van der Waals surface area contributed by atoms with Crippen molar-refractivity contribution in [2.24, 2.45) is 0 Å². The van der Waals surface area contributed by atoms with Gasteiger partial charge in [-0.05, 0) is 111 Å². The summed E-state index contributed by atoms with van der Waals surface area (Å²) in [5.74, 6) is 0. The number of para-hydroxylation sites is 4. The molecule has 11 rings (SSSR count). The van der Waals surface area contributed by atoms with Crippen LogP contribution in [0, 0.1) is 0 Å². The summed E-state index contributed by atoms with van der Waals surface area (Å²) in [7, 11) is 0. The second-order valence-electron chi connectivity index (χ2n) is 15.6. The molecule has 0 aliphatic heterocycles. The van der Waals surface area contributed by atoms with Crippen molar-refractivity contribution in [1.29, 1.82) is 0 Å². The average Bonchev–Trinajstić information content (AvgIpc) is 3.66. The maximum absolute atomic E-state index is 2.48. The molecule has 1 aliphatic carbocycles. The van der Waals surface area contributed by atoms with E-state index in [4.69, 9.17) is 0 Å². The van der Waals surface area contributed by atoms with E-state index in [1.807, 2.05) is 0 Å². The van der Waals surface area contributed by atoms with Crippen LogP contribution >= 0.6 is 0 Å². The van der Waals surface area contributed by atoms with Gasteiger partial charge in [-0.25, -0.2) is 0 Å². The fourth-order valence-electron chi connectivity index (χ4n) is 9.37. The minimum Gasteiger partial charge on any atom is -0.309 e. The molecule has 1 aromatic heterocycles. The highest BCUT2D eigenvalue weighted by Gasteiger charge is 2.23. The van der Waals surface area contributed by atoms with Gasteiger partial charge >= 0.3 is 0 Å². The monoisotopic (exact) mass is 766 g/mol. The highest BCUT2D eigenvalue weighted by Crippen LogP contribution is 2.44. The SMILES string of the molecule is C1=c2cccc(-c3ccccc3)c2=C(c2ccccc2N(c2ccc(-c3ccc4c(c3)c3ccccc3n4-c3ccccc3)cc2)c2ccccc2-c2ccccc2)CC1. The minimum absolute atomic E-state index is 0.962. The molecule has 1 aliphatic rings. The highest BCUT2D eigenvalue weighted by atomic mass is 15.1. The Morgan fingerprint density at radius 2 is 0.950 bits per heavy atom. The normalized spacial score (nSPS) is 12.3. The summed E-state index contributed by atoms with van der Waals surface area (Å²) in [5, 5.41) is 5.14. The first-order valence-electron chi connectivity index (χ1n) is 20.9. The summed E-state index contributed by atoms with van der Waals surface area (Å²) in [6.45, 7) is 0. The van der Waals surface area contributed by atoms with Crippen LogP contribution in [0.3, 0.4) is 0 Å². The number of anilines is 3. The molecule has 0 atom stereocenters. The van der Waals surface area contributed by atoms with Crippen molar-refractivity contribution in [2.75, 3.05) is 4.90 Å². The summed E-state index contributed by atoms with van der Waals surface area (Å²) in [4.78, 5) is 2.48. The molecule has 0 bridgehead atoms. The van der Waals surface area contributed by atoms with Crippen LogP contribution in [0.5, 0.6) is 0 Å². The zero-order valence-corrected chi connectivity index (χ0v) is 33.2. The largest absolute Gasteiger partial charge is 0.309 e. The van der Waals surface area contributed by atoms with Gasteiger partial charge in [-0.1, -0.05) is 176 Å². The van der Waals surface area contributed by atoms with E-state index in [2.05, 4.69) is 240 Å². The van der Waals surface area contributed by atoms with Gasteiger partial charge in [0.25, 0.3) is 0 Å². The number of rotatable bonds is 8. The number of nitrogens with zero attached hydrogens (tertiary/aromatic N) is 2. The van der Waals surface area contributed by atoms with E-state index >= 15 is 0 Å². The van der Waals surface area contributed by atoms with Gasteiger partial charge in [0.2, 0.25) is 0 Å². The number of fused-ring (bicyclic) bond motifs is 4. The Balaban J connectivity index is 1.09. The van der Waals surface area contributed by atoms with Crippen molar-refractivity contribution in [3.63, 3.8) is 0 Å². The summed E-state index contributed by atoms with van der Waals surface area (Å²) in [5.41, 5.74) is 16.9.